The Morgan fingerprint density at radius 3 is 2.59 bits per heavy atom. The third kappa shape index (κ3) is 4.08. The second-order valence-electron chi connectivity index (χ2n) is 6.81. The van der Waals surface area contributed by atoms with E-state index in [0.717, 1.165) is 19.3 Å². The summed E-state index contributed by atoms with van der Waals surface area (Å²) in [6.07, 6.45) is 2.59. The van der Waals surface area contributed by atoms with E-state index in [4.69, 9.17) is 15.0 Å². The van der Waals surface area contributed by atoms with Crippen molar-refractivity contribution in [3.63, 3.8) is 0 Å². The molecule has 0 radical (unpaired) electrons. The molecular weight excluding hydrogens is 399 g/mol. The first-order valence-electron chi connectivity index (χ1n) is 8.87. The highest BCUT2D eigenvalue weighted by Gasteiger charge is 2.39. The Morgan fingerprint density at radius 1 is 1.24 bits per heavy atom. The average Bonchev–Trinajstić information content (AvgIpc) is 3.16. The number of ether oxygens (including phenoxy) is 1. The molecule has 0 unspecified atom stereocenters. The number of rotatable bonds is 5. The van der Waals surface area contributed by atoms with Crippen LogP contribution in [0.15, 0.2) is 47.0 Å². The molecule has 9 heteroatoms. The van der Waals surface area contributed by atoms with E-state index in [0.29, 0.717) is 22.7 Å². The molecule has 1 heterocycles. The van der Waals surface area contributed by atoms with Crippen LogP contribution in [0, 0.1) is 5.82 Å². The van der Waals surface area contributed by atoms with Crippen molar-refractivity contribution < 1.29 is 18.4 Å². The van der Waals surface area contributed by atoms with E-state index in [1.165, 1.54) is 18.2 Å². The van der Waals surface area contributed by atoms with Crippen LogP contribution in [-0.2, 0) is 5.54 Å². The SMILES string of the molecule is COc1ccc(C(=O)Nc2cc(F)ccc2-c2nc(C3(N)CCC3)no2)cc1.Cl. The number of aromatic nitrogens is 2. The lowest BCUT2D eigenvalue weighted by Crippen LogP contribution is -2.44. The summed E-state index contributed by atoms with van der Waals surface area (Å²) >= 11 is 0. The Kier molecular flexibility index (Phi) is 5.86. The minimum Gasteiger partial charge on any atom is -0.497 e. The zero-order valence-corrected chi connectivity index (χ0v) is 16.5. The van der Waals surface area contributed by atoms with E-state index >= 15 is 0 Å². The lowest BCUT2D eigenvalue weighted by molar-refractivity contribution is 0.102. The Bertz CT molecular complexity index is 1020. The molecule has 0 saturated heterocycles. The van der Waals surface area contributed by atoms with Gasteiger partial charge in [-0.05, 0) is 61.7 Å². The van der Waals surface area contributed by atoms with Crippen molar-refractivity contribution >= 4 is 24.0 Å². The molecule has 7 nitrogen and oxygen atoms in total. The Hall–Kier alpha value is -2.97. The van der Waals surface area contributed by atoms with Crippen LogP contribution >= 0.6 is 12.4 Å². The molecule has 1 amide bonds. The van der Waals surface area contributed by atoms with E-state index in [2.05, 4.69) is 15.5 Å². The van der Waals surface area contributed by atoms with Gasteiger partial charge in [0.25, 0.3) is 11.8 Å². The fraction of sp³-hybridized carbons (Fsp3) is 0.250. The monoisotopic (exact) mass is 418 g/mol. The fourth-order valence-corrected chi connectivity index (χ4v) is 3.06. The van der Waals surface area contributed by atoms with Crippen molar-refractivity contribution in [1.29, 1.82) is 0 Å². The van der Waals surface area contributed by atoms with Crippen LogP contribution in [0.25, 0.3) is 11.5 Å². The molecule has 152 valence electrons. The number of methoxy groups -OCH3 is 1. The molecule has 4 rings (SSSR count). The van der Waals surface area contributed by atoms with E-state index in [1.54, 1.807) is 31.4 Å². The maximum atomic E-state index is 13.8. The molecule has 0 aliphatic heterocycles. The second kappa shape index (κ2) is 8.18. The van der Waals surface area contributed by atoms with Crippen molar-refractivity contribution in [1.82, 2.24) is 10.1 Å². The Balaban J connectivity index is 0.00000240. The maximum Gasteiger partial charge on any atom is 0.260 e. The number of halogens is 2. The van der Waals surface area contributed by atoms with Crippen LogP contribution in [-0.4, -0.2) is 23.2 Å². The van der Waals surface area contributed by atoms with Gasteiger partial charge in [-0.3, -0.25) is 4.79 Å². The number of nitrogens with one attached hydrogen (secondary N) is 1. The first kappa shape index (κ1) is 20.8. The Morgan fingerprint density at radius 2 is 1.97 bits per heavy atom. The molecular formula is C20H20ClFN4O3. The number of carbonyl (C=O) groups excluding carboxylic acids is 1. The lowest BCUT2D eigenvalue weighted by Gasteiger charge is -2.34. The molecule has 1 aromatic heterocycles. The number of hydrogen-bond donors (Lipinski definition) is 2. The minimum absolute atomic E-state index is 0. The quantitative estimate of drug-likeness (QED) is 0.651. The van der Waals surface area contributed by atoms with E-state index in [1.807, 2.05) is 0 Å². The van der Waals surface area contributed by atoms with Crippen LogP contribution in [0.2, 0.25) is 0 Å². The van der Waals surface area contributed by atoms with Gasteiger partial charge in [-0.25, -0.2) is 4.39 Å². The van der Waals surface area contributed by atoms with Gasteiger partial charge >= 0.3 is 0 Å². The van der Waals surface area contributed by atoms with Gasteiger partial charge in [-0.1, -0.05) is 5.16 Å². The standard InChI is InChI=1S/C20H19FN4O3.ClH/c1-27-14-6-3-12(4-7-14)17(26)23-16-11-13(21)5-8-15(16)18-24-19(25-28-18)20(22)9-2-10-20;/h3-8,11H,2,9-10,22H2,1H3,(H,23,26);1H. The third-order valence-corrected chi connectivity index (χ3v) is 4.93. The van der Waals surface area contributed by atoms with Gasteiger partial charge in [0.2, 0.25) is 0 Å². The number of hydrogen-bond acceptors (Lipinski definition) is 6. The van der Waals surface area contributed by atoms with Gasteiger partial charge in [-0.15, -0.1) is 12.4 Å². The highest BCUT2D eigenvalue weighted by molar-refractivity contribution is 6.06. The smallest absolute Gasteiger partial charge is 0.260 e. The zero-order chi connectivity index (χ0) is 19.7. The molecule has 3 N–H and O–H groups in total. The zero-order valence-electron chi connectivity index (χ0n) is 15.6. The van der Waals surface area contributed by atoms with Crippen LogP contribution in [0.5, 0.6) is 5.75 Å². The number of anilines is 1. The van der Waals surface area contributed by atoms with E-state index in [-0.39, 0.29) is 24.0 Å². The highest BCUT2D eigenvalue weighted by Crippen LogP contribution is 2.38. The van der Waals surface area contributed by atoms with E-state index < -0.39 is 17.3 Å². The predicted octanol–water partition coefficient (Wildman–Crippen LogP) is 3.90. The Labute approximate surface area is 172 Å². The van der Waals surface area contributed by atoms with E-state index in [9.17, 15) is 9.18 Å². The van der Waals surface area contributed by atoms with Crippen LogP contribution in [0.4, 0.5) is 10.1 Å². The van der Waals surface area contributed by atoms with Crippen LogP contribution < -0.4 is 15.8 Å². The van der Waals surface area contributed by atoms with Crippen LogP contribution in [0.1, 0.15) is 35.4 Å². The van der Waals surface area contributed by atoms with Crippen molar-refractivity contribution in [3.8, 4) is 17.2 Å². The minimum atomic E-state index is -0.575. The molecule has 1 aliphatic carbocycles. The second-order valence-corrected chi connectivity index (χ2v) is 6.81. The molecule has 2 aromatic carbocycles. The summed E-state index contributed by atoms with van der Waals surface area (Å²) in [4.78, 5) is 16.9. The summed E-state index contributed by atoms with van der Waals surface area (Å²) in [6.45, 7) is 0. The van der Waals surface area contributed by atoms with Crippen molar-refractivity contribution in [2.24, 2.45) is 5.73 Å². The normalized spacial score (nSPS) is 14.4. The molecule has 1 saturated carbocycles. The summed E-state index contributed by atoms with van der Waals surface area (Å²) in [6, 6.07) is 10.5. The van der Waals surface area contributed by atoms with Gasteiger partial charge in [0.15, 0.2) is 5.82 Å². The maximum absolute atomic E-state index is 13.8. The van der Waals surface area contributed by atoms with Gasteiger partial charge in [0.05, 0.1) is 23.9 Å². The summed E-state index contributed by atoms with van der Waals surface area (Å²) in [5.41, 5.74) is 6.71. The third-order valence-electron chi connectivity index (χ3n) is 4.93. The van der Waals surface area contributed by atoms with Gasteiger partial charge in [0, 0.05) is 5.56 Å². The summed E-state index contributed by atoms with van der Waals surface area (Å²) in [7, 11) is 1.54. The first-order valence-corrected chi connectivity index (χ1v) is 8.87. The lowest BCUT2D eigenvalue weighted by atomic mass is 9.77. The summed E-state index contributed by atoms with van der Waals surface area (Å²) in [5, 5.41) is 6.68. The van der Waals surface area contributed by atoms with Crippen LogP contribution in [0.3, 0.4) is 0 Å². The largest absolute Gasteiger partial charge is 0.497 e. The predicted molar refractivity (Wildman–Crippen MR) is 108 cm³/mol. The molecule has 1 aliphatic rings. The van der Waals surface area contributed by atoms with Gasteiger partial charge in [-0.2, -0.15) is 4.98 Å². The van der Waals surface area contributed by atoms with Gasteiger partial charge < -0.3 is 20.3 Å². The summed E-state index contributed by atoms with van der Waals surface area (Å²) < 4.78 is 24.2. The fourth-order valence-electron chi connectivity index (χ4n) is 3.06. The molecule has 1 fully saturated rings. The molecule has 29 heavy (non-hydrogen) atoms. The van der Waals surface area contributed by atoms with Crippen molar-refractivity contribution in [2.45, 2.75) is 24.8 Å². The number of benzene rings is 2. The molecule has 3 aromatic rings. The van der Waals surface area contributed by atoms with Crippen molar-refractivity contribution in [3.05, 3.63) is 59.7 Å². The average molecular weight is 419 g/mol. The summed E-state index contributed by atoms with van der Waals surface area (Å²) in [5.74, 6) is 0.335. The topological polar surface area (TPSA) is 103 Å². The number of amides is 1. The number of nitrogens with zero attached hydrogens (tertiary/aromatic N) is 2. The first-order chi connectivity index (χ1) is 13.5. The molecule has 0 spiro atoms. The van der Waals surface area contributed by atoms with Crippen molar-refractivity contribution in [2.75, 3.05) is 12.4 Å². The molecule has 0 bridgehead atoms. The highest BCUT2D eigenvalue weighted by atomic mass is 35.5. The number of carbonyl (C=O) groups is 1. The molecule has 0 atom stereocenters. The van der Waals surface area contributed by atoms with Gasteiger partial charge in [0.1, 0.15) is 11.6 Å². The number of nitrogens with two attached hydrogens (primary N) is 1.